The first-order valence-electron chi connectivity index (χ1n) is 8.22. The molecule has 0 unspecified atom stereocenters. The third-order valence-corrected chi connectivity index (χ3v) is 4.51. The van der Waals surface area contributed by atoms with E-state index in [0.717, 1.165) is 16.6 Å². The van der Waals surface area contributed by atoms with Gasteiger partial charge in [-0.1, -0.05) is 48.6 Å². The molecule has 0 aliphatic heterocycles. The van der Waals surface area contributed by atoms with Crippen molar-refractivity contribution in [1.29, 1.82) is 5.26 Å². The second-order valence-electron chi connectivity index (χ2n) is 5.50. The number of benzene rings is 2. The van der Waals surface area contributed by atoms with Gasteiger partial charge >= 0.3 is 0 Å². The van der Waals surface area contributed by atoms with E-state index in [2.05, 4.69) is 10.3 Å². The molecule has 0 aliphatic rings. The summed E-state index contributed by atoms with van der Waals surface area (Å²) in [7, 11) is 0. The van der Waals surface area contributed by atoms with E-state index in [4.69, 9.17) is 4.74 Å². The number of carbonyl (C=O) groups is 1. The topological polar surface area (TPSA) is 75.0 Å². The number of fused-ring (bicyclic) bond motifs is 1. The molecule has 0 fully saturated rings. The van der Waals surface area contributed by atoms with Crippen molar-refractivity contribution in [2.24, 2.45) is 0 Å². The minimum atomic E-state index is -0.489. The van der Waals surface area contributed by atoms with Crippen molar-refractivity contribution in [2.75, 3.05) is 11.9 Å². The number of anilines is 1. The molecule has 0 saturated carbocycles. The Morgan fingerprint density at radius 1 is 1.27 bits per heavy atom. The first-order valence-corrected chi connectivity index (χ1v) is 9.03. The van der Waals surface area contributed by atoms with Crippen molar-refractivity contribution >= 4 is 38.7 Å². The molecule has 0 saturated heterocycles. The van der Waals surface area contributed by atoms with E-state index in [0.29, 0.717) is 23.1 Å². The average Bonchev–Trinajstić information content (AvgIpc) is 3.07. The molecule has 3 aromatic rings. The second kappa shape index (κ2) is 8.28. The summed E-state index contributed by atoms with van der Waals surface area (Å²) in [5, 5.41) is 12.6. The number of carbonyl (C=O) groups excluding carboxylic acids is 1. The van der Waals surface area contributed by atoms with Crippen LogP contribution in [0.15, 0.2) is 54.1 Å². The van der Waals surface area contributed by atoms with E-state index in [1.54, 1.807) is 0 Å². The molecule has 3 rings (SSSR count). The number of nitrogens with zero attached hydrogens (tertiary/aromatic N) is 2. The fourth-order valence-electron chi connectivity index (χ4n) is 2.34. The van der Waals surface area contributed by atoms with Gasteiger partial charge in [-0.15, -0.1) is 0 Å². The van der Waals surface area contributed by atoms with Crippen molar-refractivity contribution < 1.29 is 9.53 Å². The van der Waals surface area contributed by atoms with Crippen molar-refractivity contribution in [2.45, 2.75) is 13.3 Å². The molecule has 0 atom stereocenters. The average molecular weight is 363 g/mol. The van der Waals surface area contributed by atoms with Crippen LogP contribution >= 0.6 is 11.3 Å². The van der Waals surface area contributed by atoms with Gasteiger partial charge in [-0.25, -0.2) is 4.98 Å². The quantitative estimate of drug-likeness (QED) is 0.512. The maximum Gasteiger partial charge on any atom is 0.268 e. The van der Waals surface area contributed by atoms with Gasteiger partial charge in [0.1, 0.15) is 17.4 Å². The number of nitriles is 1. The van der Waals surface area contributed by atoms with Crippen LogP contribution in [0, 0.1) is 11.3 Å². The molecule has 26 heavy (non-hydrogen) atoms. The Balaban J connectivity index is 1.83. The van der Waals surface area contributed by atoms with Crippen molar-refractivity contribution in [3.8, 4) is 11.8 Å². The lowest BCUT2D eigenvalue weighted by Crippen LogP contribution is -2.13. The Labute approximate surface area is 155 Å². The number of thiazole rings is 1. The number of rotatable bonds is 6. The van der Waals surface area contributed by atoms with E-state index < -0.39 is 5.91 Å². The van der Waals surface area contributed by atoms with Gasteiger partial charge in [0.05, 0.1) is 16.8 Å². The molecule has 1 heterocycles. The Morgan fingerprint density at radius 3 is 2.81 bits per heavy atom. The molecular formula is C20H17N3O2S. The number of nitrogens with one attached hydrogen (secondary N) is 1. The van der Waals surface area contributed by atoms with E-state index >= 15 is 0 Å². The highest BCUT2D eigenvalue weighted by molar-refractivity contribution is 7.22. The number of hydrogen-bond acceptors (Lipinski definition) is 5. The van der Waals surface area contributed by atoms with Crippen LogP contribution in [0.25, 0.3) is 16.3 Å². The normalized spacial score (nSPS) is 11.2. The molecule has 0 bridgehead atoms. The van der Waals surface area contributed by atoms with Gasteiger partial charge in [0, 0.05) is 5.56 Å². The van der Waals surface area contributed by atoms with E-state index in [-0.39, 0.29) is 5.57 Å². The summed E-state index contributed by atoms with van der Waals surface area (Å²) in [5.74, 6) is 0.159. The molecule has 0 aliphatic carbocycles. The zero-order valence-electron chi connectivity index (χ0n) is 14.2. The van der Waals surface area contributed by atoms with Crippen LogP contribution in [0.1, 0.15) is 18.9 Å². The summed E-state index contributed by atoms with van der Waals surface area (Å²) in [6.07, 6.45) is 2.41. The number of amides is 1. The molecular weight excluding hydrogens is 346 g/mol. The summed E-state index contributed by atoms with van der Waals surface area (Å²) >= 11 is 1.37. The zero-order valence-corrected chi connectivity index (χ0v) is 15.0. The summed E-state index contributed by atoms with van der Waals surface area (Å²) in [4.78, 5) is 16.8. The highest BCUT2D eigenvalue weighted by Crippen LogP contribution is 2.26. The number of aromatic nitrogens is 1. The zero-order chi connectivity index (χ0) is 18.4. The molecule has 1 amide bonds. The van der Waals surface area contributed by atoms with Gasteiger partial charge in [-0.2, -0.15) is 5.26 Å². The van der Waals surface area contributed by atoms with Crippen LogP contribution in [0.2, 0.25) is 0 Å². The maximum absolute atomic E-state index is 12.5. The maximum atomic E-state index is 12.5. The minimum absolute atomic E-state index is 0.00296. The first kappa shape index (κ1) is 17.6. The Morgan fingerprint density at radius 2 is 2.04 bits per heavy atom. The van der Waals surface area contributed by atoms with E-state index in [9.17, 15) is 10.1 Å². The van der Waals surface area contributed by atoms with Gasteiger partial charge < -0.3 is 4.74 Å². The number of ether oxygens (including phenoxy) is 1. The van der Waals surface area contributed by atoms with Crippen molar-refractivity contribution in [3.05, 3.63) is 59.7 Å². The molecule has 0 radical (unpaired) electrons. The molecule has 2 aromatic carbocycles. The lowest BCUT2D eigenvalue weighted by atomic mass is 10.1. The fourth-order valence-corrected chi connectivity index (χ4v) is 3.20. The monoisotopic (exact) mass is 363 g/mol. The summed E-state index contributed by atoms with van der Waals surface area (Å²) in [6, 6.07) is 16.9. The number of hydrogen-bond donors (Lipinski definition) is 1. The van der Waals surface area contributed by atoms with Crippen LogP contribution in [-0.4, -0.2) is 17.5 Å². The molecule has 5 nitrogen and oxygen atoms in total. The predicted octanol–water partition coefficient (Wildman–Crippen LogP) is 4.63. The number of para-hydroxylation sites is 2. The molecule has 0 spiro atoms. The van der Waals surface area contributed by atoms with Gasteiger partial charge in [-0.3, -0.25) is 10.1 Å². The lowest BCUT2D eigenvalue weighted by molar-refractivity contribution is -0.112. The Bertz CT molecular complexity index is 968. The summed E-state index contributed by atoms with van der Waals surface area (Å²) < 4.78 is 6.65. The standard InChI is InChI=1S/C20H17N3O2S/c1-2-11-25-17-9-5-3-7-14(17)12-15(13-21)19(24)23-20-22-16-8-4-6-10-18(16)26-20/h3-10,12H,2,11H2,1H3,(H,22,23,24)/b15-12+. The first-order chi connectivity index (χ1) is 12.7. The van der Waals surface area contributed by atoms with Gasteiger partial charge in [-0.05, 0) is 30.7 Å². The van der Waals surface area contributed by atoms with E-state index in [1.807, 2.05) is 61.5 Å². The third kappa shape index (κ3) is 4.08. The predicted molar refractivity (Wildman–Crippen MR) is 104 cm³/mol. The highest BCUT2D eigenvalue weighted by Gasteiger charge is 2.13. The second-order valence-corrected chi connectivity index (χ2v) is 6.53. The molecule has 1 N–H and O–H groups in total. The van der Waals surface area contributed by atoms with Crippen LogP contribution in [-0.2, 0) is 4.79 Å². The van der Waals surface area contributed by atoms with Crippen LogP contribution in [0.3, 0.4) is 0 Å². The lowest BCUT2D eigenvalue weighted by Gasteiger charge is -2.08. The SMILES string of the molecule is CCCOc1ccccc1/C=C(\C#N)C(=O)Nc1nc2ccccc2s1. The highest BCUT2D eigenvalue weighted by atomic mass is 32.1. The summed E-state index contributed by atoms with van der Waals surface area (Å²) in [5.41, 5.74) is 1.50. The van der Waals surface area contributed by atoms with Crippen molar-refractivity contribution in [3.63, 3.8) is 0 Å². The van der Waals surface area contributed by atoms with Gasteiger partial charge in [0.2, 0.25) is 0 Å². The van der Waals surface area contributed by atoms with Crippen LogP contribution in [0.5, 0.6) is 5.75 Å². The van der Waals surface area contributed by atoms with Gasteiger partial charge in [0.15, 0.2) is 5.13 Å². The summed E-state index contributed by atoms with van der Waals surface area (Å²) in [6.45, 7) is 2.59. The third-order valence-electron chi connectivity index (χ3n) is 3.56. The van der Waals surface area contributed by atoms with Crippen LogP contribution < -0.4 is 10.1 Å². The van der Waals surface area contributed by atoms with Gasteiger partial charge in [0.25, 0.3) is 5.91 Å². The minimum Gasteiger partial charge on any atom is -0.493 e. The fraction of sp³-hybridized carbons (Fsp3) is 0.150. The van der Waals surface area contributed by atoms with Crippen molar-refractivity contribution in [1.82, 2.24) is 4.98 Å². The Hall–Kier alpha value is -3.17. The Kier molecular flexibility index (Phi) is 5.62. The van der Waals surface area contributed by atoms with Crippen LogP contribution in [0.4, 0.5) is 5.13 Å². The molecule has 1 aromatic heterocycles. The molecule has 6 heteroatoms. The van der Waals surface area contributed by atoms with E-state index in [1.165, 1.54) is 17.4 Å². The molecule has 130 valence electrons. The smallest absolute Gasteiger partial charge is 0.268 e. The largest absolute Gasteiger partial charge is 0.493 e.